The molecule has 2 heteroatoms. The van der Waals surface area contributed by atoms with Gasteiger partial charge in [-0.3, -0.25) is 0 Å². The van der Waals surface area contributed by atoms with Crippen LogP contribution in [-0.2, 0) is 0 Å². The number of allylic oxidation sites excluding steroid dienone is 3. The fraction of sp³-hybridized carbons (Fsp3) is 0.421. The lowest BCUT2D eigenvalue weighted by atomic mass is 9.80. The van der Waals surface area contributed by atoms with Crippen molar-refractivity contribution in [3.8, 4) is 0 Å². The van der Waals surface area contributed by atoms with Gasteiger partial charge in [-0.15, -0.1) is 0 Å². The first kappa shape index (κ1) is 15.7. The highest BCUT2D eigenvalue weighted by Gasteiger charge is 2.25. The summed E-state index contributed by atoms with van der Waals surface area (Å²) in [4.78, 5) is 2.20. The molecule has 0 radical (unpaired) electrons. The minimum absolute atomic E-state index is 0.135. The summed E-state index contributed by atoms with van der Waals surface area (Å²) < 4.78 is 0. The smallest absolute Gasteiger partial charge is 0.0442 e. The normalized spacial score (nSPS) is 18.2. The predicted octanol–water partition coefficient (Wildman–Crippen LogP) is 4.24. The van der Waals surface area contributed by atoms with Gasteiger partial charge in [0.1, 0.15) is 0 Å². The van der Waals surface area contributed by atoms with E-state index in [9.17, 15) is 0 Å². The van der Waals surface area contributed by atoms with Crippen molar-refractivity contribution in [2.75, 3.05) is 20.6 Å². The summed E-state index contributed by atoms with van der Waals surface area (Å²) in [5.74, 6) is 0.297. The lowest BCUT2D eigenvalue weighted by molar-refractivity contribution is 0.439. The Balaban J connectivity index is 2.39. The Labute approximate surface area is 128 Å². The molecular weight excluding hydrogens is 256 g/mol. The molecule has 112 valence electrons. The highest BCUT2D eigenvalue weighted by molar-refractivity contribution is 6.03. The maximum absolute atomic E-state index is 8.54. The lowest BCUT2D eigenvalue weighted by Crippen LogP contribution is -2.23. The number of rotatable bonds is 4. The van der Waals surface area contributed by atoms with Gasteiger partial charge in [0.2, 0.25) is 0 Å². The van der Waals surface area contributed by atoms with Crippen LogP contribution in [0, 0.1) is 10.8 Å². The number of nitrogens with zero attached hydrogens (tertiary/aromatic N) is 1. The molecule has 0 fully saturated rings. The second kappa shape index (κ2) is 5.98. The molecule has 0 spiro atoms. The van der Waals surface area contributed by atoms with Gasteiger partial charge in [-0.2, -0.15) is 0 Å². The van der Waals surface area contributed by atoms with E-state index in [2.05, 4.69) is 76.2 Å². The molecule has 21 heavy (non-hydrogen) atoms. The number of likely N-dealkylation sites (N-methyl/N-ethyl adjacent to an activating group) is 1. The van der Waals surface area contributed by atoms with E-state index in [1.807, 2.05) is 6.07 Å². The summed E-state index contributed by atoms with van der Waals surface area (Å²) in [6.45, 7) is 7.27. The molecule has 0 saturated carbocycles. The molecule has 0 bridgehead atoms. The zero-order valence-corrected chi connectivity index (χ0v) is 13.8. The fourth-order valence-electron chi connectivity index (χ4n) is 2.74. The van der Waals surface area contributed by atoms with Crippen molar-refractivity contribution in [2.45, 2.75) is 26.7 Å². The van der Waals surface area contributed by atoms with Gasteiger partial charge in [0.25, 0.3) is 0 Å². The second-order valence-electron chi connectivity index (χ2n) is 7.05. The van der Waals surface area contributed by atoms with Gasteiger partial charge in [-0.25, -0.2) is 0 Å². The molecule has 0 heterocycles. The maximum Gasteiger partial charge on any atom is 0.0442 e. The minimum atomic E-state index is -0.135. The third kappa shape index (κ3) is 3.51. The molecule has 1 aliphatic carbocycles. The van der Waals surface area contributed by atoms with E-state index in [4.69, 9.17) is 5.41 Å². The Hall–Kier alpha value is -1.67. The number of benzene rings is 1. The average molecular weight is 282 g/mol. The Bertz CT molecular complexity index is 586. The lowest BCUT2D eigenvalue weighted by Gasteiger charge is -2.25. The Morgan fingerprint density at radius 2 is 1.86 bits per heavy atom. The van der Waals surface area contributed by atoms with E-state index in [1.54, 1.807) is 0 Å². The summed E-state index contributed by atoms with van der Waals surface area (Å²) in [6.07, 6.45) is 6.59. The first-order valence-electron chi connectivity index (χ1n) is 7.51. The van der Waals surface area contributed by atoms with Gasteiger partial charge in [0.05, 0.1) is 0 Å². The molecule has 1 atom stereocenters. The predicted molar refractivity (Wildman–Crippen MR) is 91.2 cm³/mol. The van der Waals surface area contributed by atoms with E-state index < -0.39 is 0 Å². The van der Waals surface area contributed by atoms with Crippen LogP contribution in [0.2, 0.25) is 0 Å². The van der Waals surface area contributed by atoms with Gasteiger partial charge >= 0.3 is 0 Å². The quantitative estimate of drug-likeness (QED) is 0.822. The van der Waals surface area contributed by atoms with Crippen molar-refractivity contribution in [3.05, 3.63) is 59.2 Å². The van der Waals surface area contributed by atoms with E-state index in [1.165, 1.54) is 11.1 Å². The molecule has 1 aliphatic rings. The molecule has 1 aromatic rings. The van der Waals surface area contributed by atoms with Crippen molar-refractivity contribution >= 4 is 5.71 Å². The zero-order valence-electron chi connectivity index (χ0n) is 13.8. The molecule has 0 aromatic heterocycles. The number of hydrogen-bond donors (Lipinski definition) is 1. The van der Waals surface area contributed by atoms with E-state index in [0.29, 0.717) is 11.6 Å². The Kier molecular flexibility index (Phi) is 4.48. The monoisotopic (exact) mass is 282 g/mol. The van der Waals surface area contributed by atoms with E-state index in [-0.39, 0.29) is 5.41 Å². The summed E-state index contributed by atoms with van der Waals surface area (Å²) in [5, 5.41) is 8.54. The summed E-state index contributed by atoms with van der Waals surface area (Å²) >= 11 is 0. The standard InChI is InChI=1S/C19H26N2/c1-19(2,3)18(20)17-11-7-6-10-16(17)15-12-8-9-14(15)13-21(4)5/h6-12,15,20H,13H2,1-5H3. The SMILES string of the molecule is CN(C)CC1=CC=CC1c1ccccc1C(=N)C(C)(C)C. The molecule has 0 amide bonds. The molecule has 2 nitrogen and oxygen atoms in total. The van der Waals surface area contributed by atoms with Gasteiger partial charge in [-0.1, -0.05) is 63.3 Å². The minimum Gasteiger partial charge on any atom is -0.305 e. The van der Waals surface area contributed by atoms with Crippen LogP contribution in [0.25, 0.3) is 0 Å². The first-order chi connectivity index (χ1) is 9.80. The molecule has 1 N–H and O–H groups in total. The summed E-state index contributed by atoms with van der Waals surface area (Å²) in [5.41, 5.74) is 4.30. The van der Waals surface area contributed by atoms with Gasteiger partial charge < -0.3 is 10.3 Å². The number of hydrogen-bond acceptors (Lipinski definition) is 2. The van der Waals surface area contributed by atoms with Crippen molar-refractivity contribution < 1.29 is 0 Å². The zero-order chi connectivity index (χ0) is 15.6. The highest BCUT2D eigenvalue weighted by Crippen LogP contribution is 2.35. The maximum atomic E-state index is 8.54. The van der Waals surface area contributed by atoms with E-state index in [0.717, 1.165) is 12.1 Å². The van der Waals surface area contributed by atoms with Gasteiger partial charge in [0.15, 0.2) is 0 Å². The Morgan fingerprint density at radius 3 is 2.48 bits per heavy atom. The van der Waals surface area contributed by atoms with Crippen LogP contribution in [0.5, 0.6) is 0 Å². The fourth-order valence-corrected chi connectivity index (χ4v) is 2.74. The van der Waals surface area contributed by atoms with Gasteiger partial charge in [-0.05, 0) is 30.8 Å². The molecular formula is C19H26N2. The summed E-state index contributed by atoms with van der Waals surface area (Å²) in [7, 11) is 4.19. The average Bonchev–Trinajstić information content (AvgIpc) is 2.84. The van der Waals surface area contributed by atoms with Crippen molar-refractivity contribution in [2.24, 2.45) is 5.41 Å². The van der Waals surface area contributed by atoms with Gasteiger partial charge in [0, 0.05) is 23.6 Å². The highest BCUT2D eigenvalue weighted by atomic mass is 15.0. The van der Waals surface area contributed by atoms with Crippen LogP contribution in [0.4, 0.5) is 0 Å². The molecule has 0 saturated heterocycles. The molecule has 2 rings (SSSR count). The molecule has 1 aromatic carbocycles. The van der Waals surface area contributed by atoms with Crippen molar-refractivity contribution in [1.82, 2.24) is 4.90 Å². The number of nitrogens with one attached hydrogen (secondary N) is 1. The van der Waals surface area contributed by atoms with Crippen molar-refractivity contribution in [1.29, 1.82) is 5.41 Å². The van der Waals surface area contributed by atoms with Crippen LogP contribution >= 0.6 is 0 Å². The van der Waals surface area contributed by atoms with E-state index >= 15 is 0 Å². The second-order valence-corrected chi connectivity index (χ2v) is 7.05. The summed E-state index contributed by atoms with van der Waals surface area (Å²) in [6, 6.07) is 8.36. The first-order valence-corrected chi connectivity index (χ1v) is 7.51. The largest absolute Gasteiger partial charge is 0.305 e. The molecule has 0 aliphatic heterocycles. The van der Waals surface area contributed by atoms with Crippen LogP contribution in [0.1, 0.15) is 37.8 Å². The van der Waals surface area contributed by atoms with Crippen LogP contribution in [-0.4, -0.2) is 31.3 Å². The third-order valence-corrected chi connectivity index (χ3v) is 3.83. The third-order valence-electron chi connectivity index (χ3n) is 3.83. The van der Waals surface area contributed by atoms with Crippen LogP contribution in [0.15, 0.2) is 48.1 Å². The van der Waals surface area contributed by atoms with Crippen LogP contribution < -0.4 is 0 Å². The Morgan fingerprint density at radius 1 is 1.19 bits per heavy atom. The molecule has 1 unspecified atom stereocenters. The topological polar surface area (TPSA) is 27.1 Å². The van der Waals surface area contributed by atoms with Crippen molar-refractivity contribution in [3.63, 3.8) is 0 Å². The van der Waals surface area contributed by atoms with Crippen LogP contribution in [0.3, 0.4) is 0 Å².